The summed E-state index contributed by atoms with van der Waals surface area (Å²) < 4.78 is 30.5. The van der Waals surface area contributed by atoms with Gasteiger partial charge < -0.3 is 16.4 Å². The lowest BCUT2D eigenvalue weighted by Crippen LogP contribution is -2.25. The molecule has 0 atom stereocenters. The molecule has 6 nitrogen and oxygen atoms in total. The molecule has 0 radical (unpaired) electrons. The predicted octanol–water partition coefficient (Wildman–Crippen LogP) is 3.52. The second kappa shape index (κ2) is 8.97. The zero-order chi connectivity index (χ0) is 21.0. The fraction of sp³-hybridized carbons (Fsp3) is 0.105. The molecule has 0 aliphatic rings. The molecule has 10 heteroatoms. The van der Waals surface area contributed by atoms with E-state index in [0.717, 1.165) is 29.2 Å². The number of hydrogen-bond acceptors (Lipinski definition) is 5. The fourth-order valence-electron chi connectivity index (χ4n) is 2.45. The normalized spacial score (nSPS) is 10.6. The maximum Gasteiger partial charge on any atom is 0.273 e. The average molecular weight is 437 g/mol. The van der Waals surface area contributed by atoms with Gasteiger partial charge in [0.05, 0.1) is 5.69 Å². The van der Waals surface area contributed by atoms with Gasteiger partial charge in [0.2, 0.25) is 0 Å². The summed E-state index contributed by atoms with van der Waals surface area (Å²) in [4.78, 5) is 24.7. The average Bonchev–Trinajstić information content (AvgIpc) is 3.08. The van der Waals surface area contributed by atoms with Crippen LogP contribution >= 0.6 is 23.1 Å². The van der Waals surface area contributed by atoms with Crippen LogP contribution in [0.25, 0.3) is 0 Å². The van der Waals surface area contributed by atoms with E-state index in [1.807, 2.05) is 0 Å². The third-order valence-electron chi connectivity index (χ3n) is 4.00. The lowest BCUT2D eigenvalue weighted by atomic mass is 10.2. The zero-order valence-corrected chi connectivity index (χ0v) is 16.4. The summed E-state index contributed by atoms with van der Waals surface area (Å²) in [7, 11) is 0. The van der Waals surface area contributed by atoms with Crippen LogP contribution in [0.4, 0.5) is 14.5 Å². The van der Waals surface area contributed by atoms with E-state index in [1.165, 1.54) is 6.07 Å². The highest BCUT2D eigenvalue weighted by atomic mass is 35.5. The number of benzene rings is 2. The van der Waals surface area contributed by atoms with Crippen molar-refractivity contribution in [3.8, 4) is 0 Å². The Morgan fingerprint density at radius 3 is 2.45 bits per heavy atom. The number of rotatable bonds is 6. The van der Waals surface area contributed by atoms with Crippen molar-refractivity contribution in [2.75, 3.05) is 5.73 Å². The number of nitrogen functional groups attached to an aromatic ring is 1. The van der Waals surface area contributed by atoms with Crippen molar-refractivity contribution < 1.29 is 18.4 Å². The first kappa shape index (κ1) is 20.7. The van der Waals surface area contributed by atoms with E-state index in [-0.39, 0.29) is 34.9 Å². The number of aromatic nitrogens is 1. The maximum atomic E-state index is 13.7. The van der Waals surface area contributed by atoms with Crippen LogP contribution in [0, 0.1) is 11.6 Å². The molecule has 0 saturated heterocycles. The smallest absolute Gasteiger partial charge is 0.273 e. The standard InChI is InChI=1S/C19H15ClF2N4O2S/c20-13-4-2-1-3-10(13)8-24-18(27)16-15(23)17(29-26-16)19(28)25-9-11-5-6-12(21)7-14(11)22/h1-7H,8-9,23H2,(H,24,27)(H,25,28). The summed E-state index contributed by atoms with van der Waals surface area (Å²) in [5.74, 6) is -2.66. The summed E-state index contributed by atoms with van der Waals surface area (Å²) in [6, 6.07) is 10.1. The van der Waals surface area contributed by atoms with Crippen LogP contribution in [-0.2, 0) is 13.1 Å². The molecule has 0 aliphatic carbocycles. The number of carbonyl (C=O) groups excluding carboxylic acids is 2. The number of nitrogens with zero attached hydrogens (tertiary/aromatic N) is 1. The molecule has 3 aromatic rings. The van der Waals surface area contributed by atoms with Crippen molar-refractivity contribution in [1.29, 1.82) is 0 Å². The highest BCUT2D eigenvalue weighted by Gasteiger charge is 2.22. The molecule has 0 unspecified atom stereocenters. The Morgan fingerprint density at radius 1 is 1.03 bits per heavy atom. The molecule has 2 aromatic carbocycles. The van der Waals surface area contributed by atoms with Crippen LogP contribution in [0.2, 0.25) is 5.02 Å². The van der Waals surface area contributed by atoms with Gasteiger partial charge >= 0.3 is 0 Å². The highest BCUT2D eigenvalue weighted by Crippen LogP contribution is 2.22. The fourth-order valence-corrected chi connectivity index (χ4v) is 3.36. The van der Waals surface area contributed by atoms with Crippen LogP contribution in [0.1, 0.15) is 31.3 Å². The first-order valence-corrected chi connectivity index (χ1v) is 9.51. The number of anilines is 1. The third-order valence-corrected chi connectivity index (χ3v) is 5.23. The monoisotopic (exact) mass is 436 g/mol. The van der Waals surface area contributed by atoms with Crippen LogP contribution in [0.5, 0.6) is 0 Å². The van der Waals surface area contributed by atoms with Gasteiger partial charge in [-0.3, -0.25) is 9.59 Å². The van der Waals surface area contributed by atoms with E-state index in [4.69, 9.17) is 17.3 Å². The van der Waals surface area contributed by atoms with Crippen molar-refractivity contribution in [2.24, 2.45) is 0 Å². The Morgan fingerprint density at radius 2 is 1.72 bits per heavy atom. The lowest BCUT2D eigenvalue weighted by Gasteiger charge is -2.07. The van der Waals surface area contributed by atoms with E-state index in [9.17, 15) is 18.4 Å². The number of carbonyl (C=O) groups is 2. The molecule has 1 heterocycles. The van der Waals surface area contributed by atoms with Gasteiger partial charge in [-0.05, 0) is 29.2 Å². The van der Waals surface area contributed by atoms with Gasteiger partial charge in [-0.15, -0.1) is 0 Å². The number of halogens is 3. The number of hydrogen-bond donors (Lipinski definition) is 3. The molecule has 0 fully saturated rings. The molecule has 0 bridgehead atoms. The summed E-state index contributed by atoms with van der Waals surface area (Å²) in [5, 5.41) is 5.62. The van der Waals surface area contributed by atoms with E-state index < -0.39 is 23.4 Å². The Bertz CT molecular complexity index is 1070. The maximum absolute atomic E-state index is 13.7. The first-order chi connectivity index (χ1) is 13.9. The van der Waals surface area contributed by atoms with Gasteiger partial charge in [-0.1, -0.05) is 35.9 Å². The largest absolute Gasteiger partial charge is 0.395 e. The van der Waals surface area contributed by atoms with Crippen LogP contribution < -0.4 is 16.4 Å². The molecule has 3 rings (SSSR count). The SMILES string of the molecule is Nc1c(C(=O)NCc2ccccc2Cl)nsc1C(=O)NCc1ccc(F)cc1F. The van der Waals surface area contributed by atoms with Crippen LogP contribution in [-0.4, -0.2) is 16.2 Å². The van der Waals surface area contributed by atoms with Crippen molar-refractivity contribution in [2.45, 2.75) is 13.1 Å². The molecule has 2 amide bonds. The number of nitrogens with one attached hydrogen (secondary N) is 2. The third kappa shape index (κ3) is 4.87. The summed E-state index contributed by atoms with van der Waals surface area (Å²) in [6.45, 7) is -0.00281. The molecule has 150 valence electrons. The topological polar surface area (TPSA) is 97.1 Å². The van der Waals surface area contributed by atoms with Gasteiger partial charge in [0.1, 0.15) is 16.5 Å². The molecule has 0 spiro atoms. The second-order valence-corrected chi connectivity index (χ2v) is 7.15. The molecule has 1 aromatic heterocycles. The Balaban J connectivity index is 1.64. The summed E-state index contributed by atoms with van der Waals surface area (Å²) in [6.07, 6.45) is 0. The number of amides is 2. The lowest BCUT2D eigenvalue weighted by molar-refractivity contribution is 0.0946. The molecule has 29 heavy (non-hydrogen) atoms. The van der Waals surface area contributed by atoms with Gasteiger partial charge in [-0.25, -0.2) is 8.78 Å². The summed E-state index contributed by atoms with van der Waals surface area (Å²) in [5.41, 5.74) is 6.57. The van der Waals surface area contributed by atoms with E-state index in [0.29, 0.717) is 5.02 Å². The first-order valence-electron chi connectivity index (χ1n) is 8.35. The Hall–Kier alpha value is -3.04. The van der Waals surface area contributed by atoms with E-state index in [1.54, 1.807) is 24.3 Å². The zero-order valence-electron chi connectivity index (χ0n) is 14.8. The predicted molar refractivity (Wildman–Crippen MR) is 107 cm³/mol. The van der Waals surface area contributed by atoms with E-state index >= 15 is 0 Å². The van der Waals surface area contributed by atoms with Crippen molar-refractivity contribution in [3.05, 3.63) is 80.8 Å². The van der Waals surface area contributed by atoms with Crippen LogP contribution in [0.3, 0.4) is 0 Å². The quantitative estimate of drug-likeness (QED) is 0.550. The molecule has 4 N–H and O–H groups in total. The van der Waals surface area contributed by atoms with Gasteiger partial charge in [0, 0.05) is 29.7 Å². The summed E-state index contributed by atoms with van der Waals surface area (Å²) >= 11 is 6.80. The molecule has 0 aliphatic heterocycles. The van der Waals surface area contributed by atoms with Gasteiger partial charge in [0.15, 0.2) is 5.69 Å². The molecular weight excluding hydrogens is 422 g/mol. The van der Waals surface area contributed by atoms with Crippen LogP contribution in [0.15, 0.2) is 42.5 Å². The van der Waals surface area contributed by atoms with Crippen molar-refractivity contribution in [3.63, 3.8) is 0 Å². The second-order valence-electron chi connectivity index (χ2n) is 5.97. The van der Waals surface area contributed by atoms with Gasteiger partial charge in [-0.2, -0.15) is 4.37 Å². The van der Waals surface area contributed by atoms with Crippen molar-refractivity contribution >= 4 is 40.6 Å². The minimum absolute atomic E-state index is 0.0235. The minimum Gasteiger partial charge on any atom is -0.395 e. The van der Waals surface area contributed by atoms with Gasteiger partial charge in [0.25, 0.3) is 11.8 Å². The Kier molecular flexibility index (Phi) is 6.40. The highest BCUT2D eigenvalue weighted by molar-refractivity contribution is 7.09. The van der Waals surface area contributed by atoms with Crippen molar-refractivity contribution in [1.82, 2.24) is 15.0 Å². The van der Waals surface area contributed by atoms with E-state index in [2.05, 4.69) is 15.0 Å². The molecular formula is C19H15ClF2N4O2S. The Labute approximate surface area is 173 Å². The molecule has 0 saturated carbocycles. The number of nitrogens with two attached hydrogens (primary N) is 1. The minimum atomic E-state index is -0.776.